The van der Waals surface area contributed by atoms with E-state index < -0.39 is 11.8 Å². The number of carboxylic acid groups (broad SMARTS) is 1. The maximum Gasteiger partial charge on any atom is 0.392 e. The number of carbonyl (C=O) groups is 1. The zero-order valence-corrected chi connectivity index (χ0v) is 16.1. The summed E-state index contributed by atoms with van der Waals surface area (Å²) in [5.74, 6) is -1.09. The number of aromatic carboxylic acids is 1. The van der Waals surface area contributed by atoms with Crippen LogP contribution in [0.2, 0.25) is 0 Å². The second-order valence-electron chi connectivity index (χ2n) is 6.72. The van der Waals surface area contributed by atoms with Crippen molar-refractivity contribution in [3.8, 4) is 22.5 Å². The van der Waals surface area contributed by atoms with Gasteiger partial charge in [-0.2, -0.15) is 5.21 Å². The van der Waals surface area contributed by atoms with Gasteiger partial charge in [-0.05, 0) is 28.8 Å². The average molecular weight is 407 g/mol. The van der Waals surface area contributed by atoms with Gasteiger partial charge in [0.1, 0.15) is 11.6 Å². The molecule has 0 aliphatic carbocycles. The number of nitrogens with zero attached hydrogens (tertiary/aromatic N) is 4. The molecule has 8 nitrogen and oxygen atoms in total. The van der Waals surface area contributed by atoms with Gasteiger partial charge < -0.3 is 9.52 Å². The number of tetrazole rings is 1. The molecule has 0 radical (unpaired) electrons. The molecule has 4 aromatic rings. The molecule has 0 fully saturated rings. The predicted octanol–water partition coefficient (Wildman–Crippen LogP) is 3.90. The minimum absolute atomic E-state index is 0.274. The number of hydrogen-bond acceptors (Lipinski definition) is 6. The third-order valence-electron chi connectivity index (χ3n) is 4.65. The number of aromatic amines is 1. The Kier molecular flexibility index (Phi) is 5.34. The fraction of sp³-hybridized carbons (Fsp3) is 0.190. The Balaban J connectivity index is 1.67. The first-order chi connectivity index (χ1) is 14.6. The average Bonchev–Trinajstić information content (AvgIpc) is 3.39. The second kappa shape index (κ2) is 8.24. The van der Waals surface area contributed by atoms with Gasteiger partial charge in [-0.15, -0.1) is 10.2 Å². The molecule has 0 saturated carbocycles. The summed E-state index contributed by atoms with van der Waals surface area (Å²) >= 11 is 0. The third kappa shape index (κ3) is 3.82. The zero-order valence-electron chi connectivity index (χ0n) is 16.1. The Morgan fingerprint density at radius 3 is 2.63 bits per heavy atom. The number of aromatic nitrogens is 5. The second-order valence-corrected chi connectivity index (χ2v) is 6.72. The van der Waals surface area contributed by atoms with Gasteiger partial charge in [0.05, 0.1) is 5.69 Å². The highest BCUT2D eigenvalue weighted by atomic mass is 19.1. The number of benzene rings is 2. The number of H-pyrrole nitrogens is 1. The lowest BCUT2D eigenvalue weighted by molar-refractivity contribution is 0.0651. The first kappa shape index (κ1) is 19.4. The standard InChI is InChI=1S/C21H18FN5O3/c1-2-5-18-17(23-20(30-18)21(28)29)11-12-8-9-14(16(22)10-12)13-6-3-4-7-15(13)19-24-26-27-25-19/h3-4,6-10H,2,5,11H2,1H3,(H,28,29)(H,24,25,26,27). The van der Waals surface area contributed by atoms with E-state index in [1.54, 1.807) is 24.3 Å². The Morgan fingerprint density at radius 1 is 1.17 bits per heavy atom. The van der Waals surface area contributed by atoms with E-state index in [1.807, 2.05) is 19.1 Å². The molecular formula is C21H18FN5O3. The van der Waals surface area contributed by atoms with Crippen molar-refractivity contribution in [2.75, 3.05) is 0 Å². The summed E-state index contributed by atoms with van der Waals surface area (Å²) in [4.78, 5) is 15.2. The lowest BCUT2D eigenvalue weighted by atomic mass is 9.96. The molecule has 2 heterocycles. The molecule has 4 rings (SSSR count). The Morgan fingerprint density at radius 2 is 1.97 bits per heavy atom. The molecule has 30 heavy (non-hydrogen) atoms. The van der Waals surface area contributed by atoms with E-state index in [1.165, 1.54) is 6.07 Å². The largest absolute Gasteiger partial charge is 0.474 e. The minimum atomic E-state index is -1.22. The van der Waals surface area contributed by atoms with Gasteiger partial charge in [0.25, 0.3) is 0 Å². The van der Waals surface area contributed by atoms with Crippen molar-refractivity contribution >= 4 is 5.97 Å². The minimum Gasteiger partial charge on any atom is -0.474 e. The Hall–Kier alpha value is -3.88. The molecule has 9 heteroatoms. The quantitative estimate of drug-likeness (QED) is 0.477. The number of hydrogen-bond donors (Lipinski definition) is 2. The van der Waals surface area contributed by atoms with Crippen LogP contribution in [0.15, 0.2) is 46.9 Å². The molecule has 0 amide bonds. The fourth-order valence-corrected chi connectivity index (χ4v) is 3.30. The van der Waals surface area contributed by atoms with Crippen molar-refractivity contribution in [2.24, 2.45) is 0 Å². The summed E-state index contributed by atoms with van der Waals surface area (Å²) in [6.07, 6.45) is 1.62. The molecule has 0 saturated heterocycles. The number of halogens is 1. The van der Waals surface area contributed by atoms with Crippen LogP contribution in [-0.4, -0.2) is 36.7 Å². The van der Waals surface area contributed by atoms with E-state index in [0.717, 1.165) is 6.42 Å². The molecule has 2 N–H and O–H groups in total. The molecule has 0 aliphatic rings. The molecular weight excluding hydrogens is 389 g/mol. The summed E-state index contributed by atoms with van der Waals surface area (Å²) in [5, 5.41) is 23.1. The van der Waals surface area contributed by atoms with E-state index in [9.17, 15) is 4.79 Å². The van der Waals surface area contributed by atoms with E-state index in [0.29, 0.717) is 46.0 Å². The van der Waals surface area contributed by atoms with Crippen LogP contribution in [0.4, 0.5) is 4.39 Å². The molecule has 0 atom stereocenters. The van der Waals surface area contributed by atoms with Crippen molar-refractivity contribution in [2.45, 2.75) is 26.2 Å². The normalized spacial score (nSPS) is 11.0. The molecule has 2 aromatic carbocycles. The van der Waals surface area contributed by atoms with Gasteiger partial charge in [0.2, 0.25) is 5.82 Å². The highest BCUT2D eigenvalue weighted by Crippen LogP contribution is 2.32. The summed E-state index contributed by atoms with van der Waals surface area (Å²) in [6.45, 7) is 1.96. The predicted molar refractivity (Wildman–Crippen MR) is 105 cm³/mol. The van der Waals surface area contributed by atoms with Gasteiger partial charge in [-0.25, -0.2) is 14.2 Å². The van der Waals surface area contributed by atoms with Crippen molar-refractivity contribution in [3.05, 3.63) is 71.2 Å². The molecule has 0 bridgehead atoms. The summed E-state index contributed by atoms with van der Waals surface area (Å²) in [6, 6.07) is 12.1. The van der Waals surface area contributed by atoms with Gasteiger partial charge in [-0.1, -0.05) is 43.3 Å². The fourth-order valence-electron chi connectivity index (χ4n) is 3.30. The smallest absolute Gasteiger partial charge is 0.392 e. The van der Waals surface area contributed by atoms with Gasteiger partial charge in [0.15, 0.2) is 0 Å². The van der Waals surface area contributed by atoms with Crippen LogP contribution >= 0.6 is 0 Å². The molecule has 0 aliphatic heterocycles. The van der Waals surface area contributed by atoms with Crippen molar-refractivity contribution in [1.29, 1.82) is 0 Å². The van der Waals surface area contributed by atoms with E-state index in [2.05, 4.69) is 25.6 Å². The van der Waals surface area contributed by atoms with Crippen LogP contribution < -0.4 is 0 Å². The summed E-state index contributed by atoms with van der Waals surface area (Å²) < 4.78 is 20.4. The van der Waals surface area contributed by atoms with Crippen LogP contribution in [0.3, 0.4) is 0 Å². The van der Waals surface area contributed by atoms with Crippen LogP contribution in [-0.2, 0) is 12.8 Å². The number of nitrogens with one attached hydrogen (secondary N) is 1. The van der Waals surface area contributed by atoms with Gasteiger partial charge in [-0.3, -0.25) is 0 Å². The maximum absolute atomic E-state index is 15.0. The van der Waals surface area contributed by atoms with Crippen LogP contribution in [0.25, 0.3) is 22.5 Å². The number of aryl methyl sites for hydroxylation is 1. The van der Waals surface area contributed by atoms with E-state index in [4.69, 9.17) is 9.52 Å². The molecule has 0 spiro atoms. The van der Waals surface area contributed by atoms with Crippen LogP contribution in [0, 0.1) is 5.82 Å². The molecule has 0 unspecified atom stereocenters. The first-order valence-electron chi connectivity index (χ1n) is 9.40. The van der Waals surface area contributed by atoms with Crippen molar-refractivity contribution < 1.29 is 18.7 Å². The van der Waals surface area contributed by atoms with Gasteiger partial charge in [0, 0.05) is 24.0 Å². The van der Waals surface area contributed by atoms with Crippen LogP contribution in [0.5, 0.6) is 0 Å². The van der Waals surface area contributed by atoms with Crippen molar-refractivity contribution in [1.82, 2.24) is 25.6 Å². The van der Waals surface area contributed by atoms with Crippen molar-refractivity contribution in [3.63, 3.8) is 0 Å². The zero-order chi connectivity index (χ0) is 21.1. The molecule has 152 valence electrons. The van der Waals surface area contributed by atoms with E-state index in [-0.39, 0.29) is 12.3 Å². The summed E-state index contributed by atoms with van der Waals surface area (Å²) in [5.41, 5.74) is 2.87. The highest BCUT2D eigenvalue weighted by Gasteiger charge is 2.19. The lowest BCUT2D eigenvalue weighted by Crippen LogP contribution is -1.98. The van der Waals surface area contributed by atoms with Gasteiger partial charge >= 0.3 is 11.9 Å². The Bertz CT molecular complexity index is 1190. The number of carboxylic acids is 1. The number of rotatable bonds is 7. The van der Waals surface area contributed by atoms with Crippen LogP contribution in [0.1, 0.15) is 41.0 Å². The first-order valence-corrected chi connectivity index (χ1v) is 9.40. The third-order valence-corrected chi connectivity index (χ3v) is 4.65. The maximum atomic E-state index is 15.0. The molecule has 2 aromatic heterocycles. The monoisotopic (exact) mass is 407 g/mol. The summed E-state index contributed by atoms with van der Waals surface area (Å²) in [7, 11) is 0. The van der Waals surface area contributed by atoms with E-state index >= 15 is 4.39 Å². The highest BCUT2D eigenvalue weighted by molar-refractivity contribution is 5.82. The number of oxazole rings is 1. The Labute approximate surface area is 170 Å². The topological polar surface area (TPSA) is 118 Å². The SMILES string of the molecule is CCCc1oc(C(=O)O)nc1Cc1ccc(-c2ccccc2-c2nn[nH]n2)c(F)c1. The lowest BCUT2D eigenvalue weighted by Gasteiger charge is -2.09.